The van der Waals surface area contributed by atoms with Gasteiger partial charge in [0.2, 0.25) is 0 Å². The first-order valence-electron chi connectivity index (χ1n) is 8.67. The van der Waals surface area contributed by atoms with Gasteiger partial charge in [0.25, 0.3) is 0 Å². The summed E-state index contributed by atoms with van der Waals surface area (Å²) >= 11 is 6.94. The highest BCUT2D eigenvalue weighted by atomic mass is 32.1. The molecule has 1 aliphatic carbocycles. The van der Waals surface area contributed by atoms with Gasteiger partial charge in [-0.15, -0.1) is 11.3 Å². The lowest BCUT2D eigenvalue weighted by atomic mass is 10.2. The number of thiocarbonyl (C=S) groups is 1. The Balaban J connectivity index is 1.53. The van der Waals surface area contributed by atoms with Gasteiger partial charge >= 0.3 is 0 Å². The summed E-state index contributed by atoms with van der Waals surface area (Å²) in [6, 6.07) is 10.3. The molecule has 0 bridgehead atoms. The smallest absolute Gasteiger partial charge is 0.187 e. The fourth-order valence-electron chi connectivity index (χ4n) is 2.88. The average molecular weight is 390 g/mol. The van der Waals surface area contributed by atoms with Crippen molar-refractivity contribution in [3.63, 3.8) is 0 Å². The number of thiophene rings is 1. The Morgan fingerprint density at radius 3 is 2.88 bits per heavy atom. The molecule has 1 heterocycles. The molecule has 26 heavy (non-hydrogen) atoms. The maximum atomic E-state index is 5.84. The van der Waals surface area contributed by atoms with Crippen LogP contribution in [0.4, 0.5) is 0 Å². The van der Waals surface area contributed by atoms with Crippen molar-refractivity contribution in [2.24, 2.45) is 5.10 Å². The highest BCUT2D eigenvalue weighted by molar-refractivity contribution is 7.80. The third-order valence-corrected chi connectivity index (χ3v) is 5.27. The molecule has 1 saturated carbocycles. The molecule has 2 N–H and O–H groups in total. The fourth-order valence-corrected chi connectivity index (χ4v) is 3.72. The van der Waals surface area contributed by atoms with E-state index in [1.54, 1.807) is 24.7 Å². The van der Waals surface area contributed by atoms with Gasteiger partial charge in [0, 0.05) is 10.9 Å². The van der Waals surface area contributed by atoms with Gasteiger partial charge in [-0.05, 0) is 60.3 Å². The first-order chi connectivity index (χ1) is 12.7. The topological polar surface area (TPSA) is 54.9 Å². The number of nitrogens with one attached hydrogen (secondary N) is 2. The van der Waals surface area contributed by atoms with Gasteiger partial charge < -0.3 is 14.8 Å². The van der Waals surface area contributed by atoms with Crippen LogP contribution in [-0.4, -0.2) is 24.5 Å². The zero-order valence-corrected chi connectivity index (χ0v) is 16.4. The maximum Gasteiger partial charge on any atom is 0.187 e. The Morgan fingerprint density at radius 2 is 2.15 bits per heavy atom. The highest BCUT2D eigenvalue weighted by Gasteiger charge is 2.15. The lowest BCUT2D eigenvalue weighted by Crippen LogP contribution is -2.38. The second kappa shape index (κ2) is 9.54. The summed E-state index contributed by atoms with van der Waals surface area (Å²) in [5.74, 6) is 1.39. The van der Waals surface area contributed by atoms with Crippen molar-refractivity contribution in [3.05, 3.63) is 46.2 Å². The largest absolute Gasteiger partial charge is 0.493 e. The molecule has 0 unspecified atom stereocenters. The summed E-state index contributed by atoms with van der Waals surface area (Å²) < 4.78 is 11.3. The summed E-state index contributed by atoms with van der Waals surface area (Å²) in [7, 11) is 1.63. The van der Waals surface area contributed by atoms with Crippen LogP contribution in [0.25, 0.3) is 0 Å². The monoisotopic (exact) mass is 389 g/mol. The molecule has 5 nitrogen and oxygen atoms in total. The molecule has 138 valence electrons. The van der Waals surface area contributed by atoms with E-state index < -0.39 is 0 Å². The molecule has 2 aromatic rings. The molecule has 1 fully saturated rings. The van der Waals surface area contributed by atoms with Gasteiger partial charge in [-0.3, -0.25) is 5.43 Å². The van der Waals surface area contributed by atoms with Crippen LogP contribution in [0.2, 0.25) is 0 Å². The van der Waals surface area contributed by atoms with Crippen molar-refractivity contribution < 1.29 is 9.47 Å². The van der Waals surface area contributed by atoms with Crippen LogP contribution < -0.4 is 20.2 Å². The predicted octanol–water partition coefficient (Wildman–Crippen LogP) is 4.08. The number of methoxy groups -OCH3 is 1. The quantitative estimate of drug-likeness (QED) is 0.425. The summed E-state index contributed by atoms with van der Waals surface area (Å²) in [6.07, 6.45) is 6.61. The minimum atomic E-state index is 0.477. The first-order valence-corrected chi connectivity index (χ1v) is 9.96. The average Bonchev–Trinajstić information content (AvgIpc) is 3.34. The molecule has 1 aromatic heterocycles. The SMILES string of the molecule is COc1cc(/C=N\NC(=S)NC2CCCC2)ccc1OCc1cccs1. The Hall–Kier alpha value is -2.12. The Kier molecular flexibility index (Phi) is 6.85. The van der Waals surface area contributed by atoms with Crippen LogP contribution in [0.3, 0.4) is 0 Å². The van der Waals surface area contributed by atoms with Crippen molar-refractivity contribution >= 4 is 34.9 Å². The molecular weight excluding hydrogens is 366 g/mol. The molecule has 0 amide bonds. The van der Waals surface area contributed by atoms with Crippen molar-refractivity contribution in [1.82, 2.24) is 10.7 Å². The molecule has 3 rings (SSSR count). The van der Waals surface area contributed by atoms with E-state index >= 15 is 0 Å². The van der Waals surface area contributed by atoms with Crippen molar-refractivity contribution in [2.45, 2.75) is 38.3 Å². The second-order valence-electron chi connectivity index (χ2n) is 6.10. The Bertz CT molecular complexity index is 741. The fraction of sp³-hybridized carbons (Fsp3) is 0.368. The van der Waals surface area contributed by atoms with E-state index in [0.29, 0.717) is 29.3 Å². The lowest BCUT2D eigenvalue weighted by molar-refractivity contribution is 0.287. The van der Waals surface area contributed by atoms with Crippen LogP contribution >= 0.6 is 23.6 Å². The Labute approximate surface area is 163 Å². The minimum absolute atomic E-state index is 0.477. The molecule has 0 atom stereocenters. The minimum Gasteiger partial charge on any atom is -0.493 e. The summed E-state index contributed by atoms with van der Waals surface area (Å²) in [5, 5.41) is 10.1. The highest BCUT2D eigenvalue weighted by Crippen LogP contribution is 2.28. The van der Waals surface area contributed by atoms with E-state index in [-0.39, 0.29) is 0 Å². The van der Waals surface area contributed by atoms with Gasteiger partial charge in [-0.25, -0.2) is 0 Å². The first kappa shape index (κ1) is 18.7. The third-order valence-electron chi connectivity index (χ3n) is 4.21. The summed E-state index contributed by atoms with van der Waals surface area (Å²) in [4.78, 5) is 1.17. The van der Waals surface area contributed by atoms with Crippen LogP contribution in [-0.2, 0) is 6.61 Å². The molecule has 0 saturated heterocycles. The number of hydrogen-bond acceptors (Lipinski definition) is 5. The summed E-state index contributed by atoms with van der Waals surface area (Å²) in [5.41, 5.74) is 3.78. The number of nitrogens with zero attached hydrogens (tertiary/aromatic N) is 1. The van der Waals surface area contributed by atoms with Crippen molar-refractivity contribution in [2.75, 3.05) is 7.11 Å². The van der Waals surface area contributed by atoms with Crippen LogP contribution in [0.5, 0.6) is 11.5 Å². The van der Waals surface area contributed by atoms with Gasteiger partial charge in [0.05, 0.1) is 13.3 Å². The Morgan fingerprint density at radius 1 is 1.31 bits per heavy atom. The number of hydrogen-bond donors (Lipinski definition) is 2. The van der Waals surface area contributed by atoms with E-state index in [4.69, 9.17) is 21.7 Å². The van der Waals surface area contributed by atoms with Gasteiger partial charge in [-0.1, -0.05) is 18.9 Å². The van der Waals surface area contributed by atoms with Crippen LogP contribution in [0, 0.1) is 0 Å². The molecular formula is C19H23N3O2S2. The van der Waals surface area contributed by atoms with E-state index in [0.717, 1.165) is 5.56 Å². The number of ether oxygens (including phenoxy) is 2. The van der Waals surface area contributed by atoms with E-state index in [1.165, 1.54) is 30.6 Å². The van der Waals surface area contributed by atoms with Gasteiger partial charge in [0.1, 0.15) is 6.61 Å². The normalized spacial score (nSPS) is 14.5. The predicted molar refractivity (Wildman–Crippen MR) is 110 cm³/mol. The zero-order valence-electron chi connectivity index (χ0n) is 14.7. The third kappa shape index (κ3) is 5.44. The standard InChI is InChI=1S/C19H23N3O2S2/c1-23-18-11-14(8-9-17(18)24-13-16-7-4-10-26-16)12-20-22-19(25)21-15-5-2-3-6-15/h4,7-12,15H,2-3,5-6,13H2,1H3,(H2,21,22,25)/b20-12-. The summed E-state index contributed by atoms with van der Waals surface area (Å²) in [6.45, 7) is 0.532. The van der Waals surface area contributed by atoms with Gasteiger partial charge in [0.15, 0.2) is 16.6 Å². The maximum absolute atomic E-state index is 5.84. The second-order valence-corrected chi connectivity index (χ2v) is 7.54. The number of hydrazone groups is 1. The van der Waals surface area contributed by atoms with Crippen LogP contribution in [0.15, 0.2) is 40.8 Å². The van der Waals surface area contributed by atoms with E-state index in [2.05, 4.69) is 15.8 Å². The molecule has 0 radical (unpaired) electrons. The van der Waals surface area contributed by atoms with Gasteiger partial charge in [-0.2, -0.15) is 5.10 Å². The lowest BCUT2D eigenvalue weighted by Gasteiger charge is -2.13. The van der Waals surface area contributed by atoms with Crippen LogP contribution in [0.1, 0.15) is 36.1 Å². The van der Waals surface area contributed by atoms with E-state index in [1.807, 2.05) is 35.7 Å². The number of rotatable bonds is 7. The van der Waals surface area contributed by atoms with Crippen molar-refractivity contribution in [3.8, 4) is 11.5 Å². The van der Waals surface area contributed by atoms with Crippen molar-refractivity contribution in [1.29, 1.82) is 0 Å². The molecule has 7 heteroatoms. The molecule has 1 aromatic carbocycles. The number of benzene rings is 1. The zero-order chi connectivity index (χ0) is 18.2. The molecule has 1 aliphatic rings. The van der Waals surface area contributed by atoms with E-state index in [9.17, 15) is 0 Å². The molecule has 0 spiro atoms. The molecule has 0 aliphatic heterocycles.